The highest BCUT2D eigenvalue weighted by Crippen LogP contribution is 2.32. The summed E-state index contributed by atoms with van der Waals surface area (Å²) in [6.07, 6.45) is 5.41. The number of para-hydroxylation sites is 3. The molecule has 1 saturated heterocycles. The van der Waals surface area contributed by atoms with Crippen LogP contribution in [-0.4, -0.2) is 51.3 Å². The number of amides is 3. The molecule has 1 aliphatic carbocycles. The lowest BCUT2D eigenvalue weighted by atomic mass is 9.95. The average Bonchev–Trinajstić information content (AvgIpc) is 2.99. The predicted molar refractivity (Wildman–Crippen MR) is 167 cm³/mol. The molecule has 8 nitrogen and oxygen atoms in total. The van der Waals surface area contributed by atoms with Crippen LogP contribution in [-0.2, 0) is 0 Å². The normalized spacial score (nSPS) is 15.8. The molecule has 0 aromatic heterocycles. The van der Waals surface area contributed by atoms with Crippen molar-refractivity contribution in [3.8, 4) is 5.75 Å². The minimum Gasteiger partial charge on any atom is -0.495 e. The van der Waals surface area contributed by atoms with Crippen molar-refractivity contribution < 1.29 is 14.3 Å². The number of urea groups is 1. The molecule has 1 saturated carbocycles. The smallest absolute Gasteiger partial charge is 0.323 e. The van der Waals surface area contributed by atoms with Crippen molar-refractivity contribution >= 4 is 57.9 Å². The lowest BCUT2D eigenvalue weighted by molar-refractivity contribution is 0.0928. The van der Waals surface area contributed by atoms with Crippen LogP contribution in [0, 0.1) is 0 Å². The third-order valence-electron chi connectivity index (χ3n) is 7.69. The second-order valence-electron chi connectivity index (χ2n) is 10.4. The van der Waals surface area contributed by atoms with Crippen LogP contribution in [0.4, 0.5) is 27.5 Å². The molecule has 1 heterocycles. The van der Waals surface area contributed by atoms with Gasteiger partial charge >= 0.3 is 6.03 Å². The number of carbonyl (C=O) groups excluding carboxylic acids is 2. The van der Waals surface area contributed by atoms with Crippen LogP contribution >= 0.6 is 23.2 Å². The summed E-state index contributed by atoms with van der Waals surface area (Å²) in [5, 5.41) is 9.45. The summed E-state index contributed by atoms with van der Waals surface area (Å²) >= 11 is 12.4. The molecule has 0 bridgehead atoms. The highest BCUT2D eigenvalue weighted by atomic mass is 35.5. The molecule has 0 unspecified atom stereocenters. The summed E-state index contributed by atoms with van der Waals surface area (Å²) in [5.41, 5.74) is 3.27. The Kier molecular flexibility index (Phi) is 9.42. The molecule has 41 heavy (non-hydrogen) atoms. The number of nitrogens with zero attached hydrogens (tertiary/aromatic N) is 2. The highest BCUT2D eigenvalue weighted by molar-refractivity contribution is 6.39. The topological polar surface area (TPSA) is 85.9 Å². The second kappa shape index (κ2) is 13.4. The van der Waals surface area contributed by atoms with Crippen molar-refractivity contribution in [2.24, 2.45) is 0 Å². The molecule has 216 valence electrons. The van der Waals surface area contributed by atoms with Gasteiger partial charge in [-0.3, -0.25) is 4.79 Å². The van der Waals surface area contributed by atoms with Crippen LogP contribution in [0.5, 0.6) is 5.75 Å². The van der Waals surface area contributed by atoms with E-state index in [1.807, 2.05) is 30.3 Å². The Morgan fingerprint density at radius 1 is 0.805 bits per heavy atom. The van der Waals surface area contributed by atoms with Crippen LogP contribution in [0.2, 0.25) is 10.0 Å². The number of hydrogen-bond donors (Lipinski definition) is 3. The number of nitrogens with one attached hydrogen (secondary N) is 3. The zero-order valence-electron chi connectivity index (χ0n) is 23.1. The van der Waals surface area contributed by atoms with Gasteiger partial charge in [0.05, 0.1) is 34.1 Å². The molecule has 3 amide bonds. The summed E-state index contributed by atoms with van der Waals surface area (Å²) in [5.74, 6) is 0.720. The largest absolute Gasteiger partial charge is 0.495 e. The second-order valence-corrected chi connectivity index (χ2v) is 11.2. The Bertz CT molecular complexity index is 1370. The van der Waals surface area contributed by atoms with Crippen LogP contribution < -0.4 is 30.5 Å². The maximum atomic E-state index is 13.6. The monoisotopic (exact) mass is 595 g/mol. The molecule has 2 aliphatic rings. The van der Waals surface area contributed by atoms with Gasteiger partial charge in [-0.15, -0.1) is 0 Å². The molecule has 5 rings (SSSR count). The molecule has 10 heteroatoms. The first kappa shape index (κ1) is 28.9. The number of benzene rings is 3. The maximum absolute atomic E-state index is 13.6. The van der Waals surface area contributed by atoms with Crippen LogP contribution in [0.25, 0.3) is 0 Å². The molecule has 0 atom stereocenters. The van der Waals surface area contributed by atoms with Crippen molar-refractivity contribution in [2.75, 3.05) is 53.7 Å². The van der Waals surface area contributed by atoms with E-state index in [9.17, 15) is 9.59 Å². The number of rotatable bonds is 7. The Morgan fingerprint density at radius 2 is 1.46 bits per heavy atom. The van der Waals surface area contributed by atoms with E-state index < -0.39 is 6.03 Å². The summed E-state index contributed by atoms with van der Waals surface area (Å²) < 4.78 is 5.57. The number of methoxy groups -OCH3 is 1. The van der Waals surface area contributed by atoms with E-state index in [-0.39, 0.29) is 11.9 Å². The Balaban J connectivity index is 1.34. The summed E-state index contributed by atoms with van der Waals surface area (Å²) in [6.45, 7) is 3.04. The van der Waals surface area contributed by atoms with E-state index in [4.69, 9.17) is 27.9 Å². The van der Waals surface area contributed by atoms with Crippen molar-refractivity contribution in [3.63, 3.8) is 0 Å². The van der Waals surface area contributed by atoms with Crippen molar-refractivity contribution in [2.45, 2.75) is 38.1 Å². The number of carbonyl (C=O) groups is 2. The number of anilines is 4. The molecule has 3 N–H and O–H groups in total. The molecule has 2 fully saturated rings. The van der Waals surface area contributed by atoms with Gasteiger partial charge in [0.1, 0.15) is 5.75 Å². The Hall–Kier alpha value is -3.62. The highest BCUT2D eigenvalue weighted by Gasteiger charge is 2.25. The van der Waals surface area contributed by atoms with Crippen LogP contribution in [0.3, 0.4) is 0 Å². The molecule has 1 aliphatic heterocycles. The fourth-order valence-electron chi connectivity index (χ4n) is 5.55. The number of halogens is 2. The van der Waals surface area contributed by atoms with Crippen LogP contribution in [0.15, 0.2) is 60.7 Å². The zero-order chi connectivity index (χ0) is 28.8. The molecule has 3 aromatic rings. The Morgan fingerprint density at radius 3 is 2.15 bits per heavy atom. The molecular weight excluding hydrogens is 561 g/mol. The summed E-state index contributed by atoms with van der Waals surface area (Å²) in [7, 11) is 1.69. The summed E-state index contributed by atoms with van der Waals surface area (Å²) in [4.78, 5) is 31.0. The van der Waals surface area contributed by atoms with E-state index in [2.05, 4.69) is 31.8 Å². The quantitative estimate of drug-likeness (QED) is 0.273. The van der Waals surface area contributed by atoms with E-state index in [1.165, 1.54) is 6.42 Å². The first-order chi connectivity index (χ1) is 19.9. The van der Waals surface area contributed by atoms with Gasteiger partial charge in [-0.2, -0.15) is 0 Å². The Labute approximate surface area is 250 Å². The molecular formula is C31H35Cl2N5O3. The number of hydrogen-bond acceptors (Lipinski definition) is 5. The van der Waals surface area contributed by atoms with E-state index in [0.29, 0.717) is 27.0 Å². The van der Waals surface area contributed by atoms with Gasteiger partial charge in [0, 0.05) is 43.6 Å². The zero-order valence-corrected chi connectivity index (χ0v) is 24.6. The van der Waals surface area contributed by atoms with Gasteiger partial charge in [0.2, 0.25) is 0 Å². The van der Waals surface area contributed by atoms with Gasteiger partial charge in [-0.25, -0.2) is 4.79 Å². The molecule has 0 radical (unpaired) electrons. The average molecular weight is 597 g/mol. The van der Waals surface area contributed by atoms with E-state index in [0.717, 1.165) is 69.0 Å². The lowest BCUT2D eigenvalue weighted by Crippen LogP contribution is -2.47. The lowest BCUT2D eigenvalue weighted by Gasteiger charge is -2.38. The third kappa shape index (κ3) is 7.00. The number of piperazine rings is 1. The van der Waals surface area contributed by atoms with Gasteiger partial charge in [-0.05, 0) is 55.3 Å². The fourth-order valence-corrected chi connectivity index (χ4v) is 6.05. The molecule has 3 aromatic carbocycles. The third-order valence-corrected chi connectivity index (χ3v) is 8.32. The first-order valence-electron chi connectivity index (χ1n) is 14.0. The minimum absolute atomic E-state index is 0.128. The first-order valence-corrected chi connectivity index (χ1v) is 14.8. The van der Waals surface area contributed by atoms with Gasteiger partial charge in [-0.1, -0.05) is 60.7 Å². The van der Waals surface area contributed by atoms with Crippen molar-refractivity contribution in [1.29, 1.82) is 0 Å². The van der Waals surface area contributed by atoms with Gasteiger partial charge in [0.25, 0.3) is 5.91 Å². The number of ether oxygens (including phenoxy) is 1. The minimum atomic E-state index is -0.503. The van der Waals surface area contributed by atoms with E-state index in [1.54, 1.807) is 31.4 Å². The van der Waals surface area contributed by atoms with E-state index >= 15 is 0 Å². The molecule has 0 spiro atoms. The summed E-state index contributed by atoms with van der Waals surface area (Å²) in [6, 6.07) is 18.2. The van der Waals surface area contributed by atoms with Gasteiger partial charge in [0.15, 0.2) is 0 Å². The SMILES string of the molecule is COc1ccccc1N1CCN(c2ccc(NC(=O)Nc3c(Cl)cccc3Cl)cc2C(=O)NC2CCCCC2)CC1. The van der Waals surface area contributed by atoms with Crippen LogP contribution in [0.1, 0.15) is 42.5 Å². The predicted octanol–water partition coefficient (Wildman–Crippen LogP) is 7.04. The standard InChI is InChI=1S/C31H35Cl2N5O3/c1-41-28-13-6-5-12-27(28)38-18-16-37(17-19-38)26-15-14-22(20-23(26)30(39)34-21-8-3-2-4-9-21)35-31(40)36-29-24(32)10-7-11-25(29)33/h5-7,10-15,20-21H,2-4,8-9,16-19H2,1H3,(H,34,39)(H2,35,36,40). The van der Waals surface area contributed by atoms with Gasteiger partial charge < -0.3 is 30.5 Å². The fraction of sp³-hybridized carbons (Fsp3) is 0.355. The van der Waals surface area contributed by atoms with Crippen molar-refractivity contribution in [3.05, 3.63) is 76.3 Å². The van der Waals surface area contributed by atoms with Crippen molar-refractivity contribution in [1.82, 2.24) is 5.32 Å². The maximum Gasteiger partial charge on any atom is 0.323 e.